The highest BCUT2D eigenvalue weighted by molar-refractivity contribution is 5.83. The number of ether oxygens (including phenoxy) is 1. The normalized spacial score (nSPS) is 13.3. The number of aryl methyl sites for hydroxylation is 1. The first-order chi connectivity index (χ1) is 9.97. The van der Waals surface area contributed by atoms with Crippen LogP contribution in [0.25, 0.3) is 0 Å². The lowest BCUT2D eigenvalue weighted by atomic mass is 9.99. The van der Waals surface area contributed by atoms with Crippen LogP contribution in [0.15, 0.2) is 24.3 Å². The summed E-state index contributed by atoms with van der Waals surface area (Å²) in [4.78, 5) is 23.0. The standard InChI is InChI=1S/C16H23NO4/c1-4-11(2)15(16(19)20)17-14(18)10-7-12-5-8-13(21-3)9-6-12/h5-6,8-9,11,15H,4,7,10H2,1-3H3,(H,17,18)(H,19,20). The Morgan fingerprint density at radius 3 is 2.38 bits per heavy atom. The van der Waals surface area contributed by atoms with E-state index >= 15 is 0 Å². The summed E-state index contributed by atoms with van der Waals surface area (Å²) < 4.78 is 5.07. The second kappa shape index (κ2) is 8.29. The van der Waals surface area contributed by atoms with Crippen molar-refractivity contribution < 1.29 is 19.4 Å². The van der Waals surface area contributed by atoms with Gasteiger partial charge in [-0.1, -0.05) is 32.4 Å². The van der Waals surface area contributed by atoms with Crippen molar-refractivity contribution in [2.24, 2.45) is 5.92 Å². The van der Waals surface area contributed by atoms with Gasteiger partial charge in [-0.25, -0.2) is 4.79 Å². The van der Waals surface area contributed by atoms with Crippen molar-refractivity contribution in [3.05, 3.63) is 29.8 Å². The highest BCUT2D eigenvalue weighted by Gasteiger charge is 2.24. The van der Waals surface area contributed by atoms with Crippen LogP contribution in [0, 0.1) is 5.92 Å². The molecule has 1 aromatic carbocycles. The highest BCUT2D eigenvalue weighted by Crippen LogP contribution is 2.13. The maximum atomic E-state index is 11.9. The summed E-state index contributed by atoms with van der Waals surface area (Å²) in [5.74, 6) is -0.543. The molecule has 2 N–H and O–H groups in total. The number of aliphatic carboxylic acids is 1. The van der Waals surface area contributed by atoms with Crippen LogP contribution in [0.5, 0.6) is 5.75 Å². The Kier molecular flexibility index (Phi) is 6.72. The number of rotatable bonds is 8. The number of nitrogens with one attached hydrogen (secondary N) is 1. The molecule has 0 saturated carbocycles. The molecular weight excluding hydrogens is 270 g/mol. The Labute approximate surface area is 125 Å². The molecule has 2 unspecified atom stereocenters. The summed E-state index contributed by atoms with van der Waals surface area (Å²) in [7, 11) is 1.60. The SMILES string of the molecule is CCC(C)C(NC(=O)CCc1ccc(OC)cc1)C(=O)O. The van der Waals surface area contributed by atoms with E-state index in [4.69, 9.17) is 9.84 Å². The predicted octanol–water partition coefficient (Wildman–Crippen LogP) is 2.24. The fraction of sp³-hybridized carbons (Fsp3) is 0.500. The third kappa shape index (κ3) is 5.45. The molecule has 2 atom stereocenters. The van der Waals surface area contributed by atoms with Crippen LogP contribution in [0.1, 0.15) is 32.3 Å². The summed E-state index contributed by atoms with van der Waals surface area (Å²) in [6.07, 6.45) is 1.55. The van der Waals surface area contributed by atoms with Gasteiger partial charge < -0.3 is 15.2 Å². The van der Waals surface area contributed by atoms with Crippen LogP contribution in [-0.2, 0) is 16.0 Å². The first kappa shape index (κ1) is 17.0. The third-order valence-corrected chi connectivity index (χ3v) is 3.60. The van der Waals surface area contributed by atoms with Gasteiger partial charge in [0.1, 0.15) is 11.8 Å². The first-order valence-electron chi connectivity index (χ1n) is 7.13. The molecule has 1 aromatic rings. The van der Waals surface area contributed by atoms with Crippen molar-refractivity contribution in [3.8, 4) is 5.75 Å². The molecule has 116 valence electrons. The number of hydrogen-bond acceptors (Lipinski definition) is 3. The van der Waals surface area contributed by atoms with Crippen LogP contribution >= 0.6 is 0 Å². The van der Waals surface area contributed by atoms with Gasteiger partial charge in [0.05, 0.1) is 7.11 Å². The predicted molar refractivity (Wildman–Crippen MR) is 80.3 cm³/mol. The van der Waals surface area contributed by atoms with E-state index in [1.54, 1.807) is 7.11 Å². The molecule has 0 radical (unpaired) electrons. The molecule has 0 spiro atoms. The second-order valence-corrected chi connectivity index (χ2v) is 5.12. The molecule has 0 saturated heterocycles. The van der Waals surface area contributed by atoms with Gasteiger partial charge in [-0.05, 0) is 30.0 Å². The van der Waals surface area contributed by atoms with Gasteiger partial charge in [-0.3, -0.25) is 4.79 Å². The monoisotopic (exact) mass is 293 g/mol. The molecule has 0 aliphatic heterocycles. The number of amides is 1. The van der Waals surface area contributed by atoms with Crippen molar-refractivity contribution in [1.29, 1.82) is 0 Å². The van der Waals surface area contributed by atoms with Gasteiger partial charge in [-0.15, -0.1) is 0 Å². The number of carbonyl (C=O) groups is 2. The van der Waals surface area contributed by atoms with Crippen molar-refractivity contribution in [2.75, 3.05) is 7.11 Å². The van der Waals surface area contributed by atoms with Crippen LogP contribution < -0.4 is 10.1 Å². The zero-order valence-corrected chi connectivity index (χ0v) is 12.8. The lowest BCUT2D eigenvalue weighted by Crippen LogP contribution is -2.45. The van der Waals surface area contributed by atoms with Crippen molar-refractivity contribution in [1.82, 2.24) is 5.32 Å². The van der Waals surface area contributed by atoms with Crippen LogP contribution in [0.4, 0.5) is 0 Å². The van der Waals surface area contributed by atoms with Crippen molar-refractivity contribution >= 4 is 11.9 Å². The molecule has 1 rings (SSSR count). The highest BCUT2D eigenvalue weighted by atomic mass is 16.5. The topological polar surface area (TPSA) is 75.6 Å². The number of carboxylic acid groups (broad SMARTS) is 1. The minimum Gasteiger partial charge on any atom is -0.497 e. The molecule has 0 aromatic heterocycles. The lowest BCUT2D eigenvalue weighted by molar-refractivity contribution is -0.143. The number of carboxylic acids is 1. The molecule has 0 bridgehead atoms. The zero-order valence-electron chi connectivity index (χ0n) is 12.8. The first-order valence-corrected chi connectivity index (χ1v) is 7.13. The van der Waals surface area contributed by atoms with Gasteiger partial charge in [0.2, 0.25) is 5.91 Å². The molecule has 0 heterocycles. The van der Waals surface area contributed by atoms with E-state index in [0.717, 1.165) is 11.3 Å². The van der Waals surface area contributed by atoms with E-state index in [2.05, 4.69) is 5.32 Å². The smallest absolute Gasteiger partial charge is 0.326 e. The molecule has 5 nitrogen and oxygen atoms in total. The van der Waals surface area contributed by atoms with E-state index in [0.29, 0.717) is 12.8 Å². The van der Waals surface area contributed by atoms with E-state index in [9.17, 15) is 9.59 Å². The number of carbonyl (C=O) groups excluding carboxylic acids is 1. The average Bonchev–Trinajstić information content (AvgIpc) is 2.50. The Balaban J connectivity index is 2.50. The summed E-state index contributed by atoms with van der Waals surface area (Å²) in [6.45, 7) is 3.73. The average molecular weight is 293 g/mol. The van der Waals surface area contributed by atoms with Gasteiger partial charge in [0.15, 0.2) is 0 Å². The lowest BCUT2D eigenvalue weighted by Gasteiger charge is -2.20. The maximum Gasteiger partial charge on any atom is 0.326 e. The minimum atomic E-state index is -0.984. The van der Waals surface area contributed by atoms with Gasteiger partial charge in [-0.2, -0.15) is 0 Å². The number of hydrogen-bond donors (Lipinski definition) is 2. The van der Waals surface area contributed by atoms with Crippen LogP contribution in [0.3, 0.4) is 0 Å². The largest absolute Gasteiger partial charge is 0.497 e. The van der Waals surface area contributed by atoms with Crippen molar-refractivity contribution in [2.45, 2.75) is 39.2 Å². The van der Waals surface area contributed by atoms with Gasteiger partial charge in [0, 0.05) is 6.42 Å². The summed E-state index contributed by atoms with van der Waals surface area (Å²) in [5.41, 5.74) is 1.02. The Hall–Kier alpha value is -2.04. The summed E-state index contributed by atoms with van der Waals surface area (Å²) in [5, 5.41) is 11.7. The zero-order chi connectivity index (χ0) is 15.8. The fourth-order valence-corrected chi connectivity index (χ4v) is 1.98. The second-order valence-electron chi connectivity index (χ2n) is 5.12. The number of benzene rings is 1. The van der Waals surface area contributed by atoms with E-state index in [-0.39, 0.29) is 18.2 Å². The van der Waals surface area contributed by atoms with Crippen LogP contribution in [-0.4, -0.2) is 30.1 Å². The van der Waals surface area contributed by atoms with Crippen LogP contribution in [0.2, 0.25) is 0 Å². The molecular formula is C16H23NO4. The quantitative estimate of drug-likeness (QED) is 0.770. The van der Waals surface area contributed by atoms with Gasteiger partial charge >= 0.3 is 5.97 Å². The molecule has 21 heavy (non-hydrogen) atoms. The minimum absolute atomic E-state index is 0.0903. The Morgan fingerprint density at radius 2 is 1.90 bits per heavy atom. The molecule has 0 fully saturated rings. The molecule has 0 aliphatic rings. The summed E-state index contributed by atoms with van der Waals surface area (Å²) >= 11 is 0. The van der Waals surface area contributed by atoms with E-state index < -0.39 is 12.0 Å². The maximum absolute atomic E-state index is 11.9. The van der Waals surface area contributed by atoms with Gasteiger partial charge in [0.25, 0.3) is 0 Å². The molecule has 5 heteroatoms. The Bertz CT molecular complexity index is 470. The summed E-state index contributed by atoms with van der Waals surface area (Å²) in [6, 6.07) is 6.66. The van der Waals surface area contributed by atoms with Crippen molar-refractivity contribution in [3.63, 3.8) is 0 Å². The van der Waals surface area contributed by atoms with E-state index in [1.807, 2.05) is 38.1 Å². The molecule has 0 aliphatic carbocycles. The molecule has 1 amide bonds. The van der Waals surface area contributed by atoms with E-state index in [1.165, 1.54) is 0 Å². The number of methoxy groups -OCH3 is 1. The Morgan fingerprint density at radius 1 is 1.29 bits per heavy atom. The third-order valence-electron chi connectivity index (χ3n) is 3.60. The fourth-order valence-electron chi connectivity index (χ4n) is 1.98.